The molecular weight excluding hydrogens is 288 g/mol. The number of rotatable bonds is 3. The second-order valence-electron chi connectivity index (χ2n) is 3.98. The van der Waals surface area contributed by atoms with Gasteiger partial charge in [-0.25, -0.2) is 4.79 Å². The number of carbonyl (C=O) groups excluding carboxylic acids is 2. The van der Waals surface area contributed by atoms with Gasteiger partial charge in [-0.2, -0.15) is 0 Å². The lowest BCUT2D eigenvalue weighted by molar-refractivity contribution is -0.124. The molecule has 3 amide bonds. The third-order valence-corrected chi connectivity index (χ3v) is 2.99. The molecule has 1 heterocycles. The molecule has 1 aromatic carbocycles. The zero-order valence-electron chi connectivity index (χ0n) is 9.12. The van der Waals surface area contributed by atoms with Crippen molar-refractivity contribution in [2.24, 2.45) is 0 Å². The number of imide groups is 1. The molecule has 1 aromatic rings. The highest BCUT2D eigenvalue weighted by Crippen LogP contribution is 2.18. The van der Waals surface area contributed by atoms with Gasteiger partial charge in [0, 0.05) is 4.47 Å². The summed E-state index contributed by atoms with van der Waals surface area (Å²) < 4.78 is 6.42. The lowest BCUT2D eigenvalue weighted by Crippen LogP contribution is -2.48. The molecule has 0 aliphatic carbocycles. The van der Waals surface area contributed by atoms with Gasteiger partial charge in [0.15, 0.2) is 5.54 Å². The molecule has 0 radical (unpaired) electrons. The van der Waals surface area contributed by atoms with Gasteiger partial charge in [-0.1, -0.05) is 15.9 Å². The van der Waals surface area contributed by atoms with Crippen LogP contribution < -0.4 is 15.4 Å². The molecule has 1 atom stereocenters. The van der Waals surface area contributed by atoms with E-state index >= 15 is 0 Å². The normalized spacial score (nSPS) is 23.2. The summed E-state index contributed by atoms with van der Waals surface area (Å²) in [4.78, 5) is 22.5. The van der Waals surface area contributed by atoms with Crippen LogP contribution in [0, 0.1) is 0 Å². The molecule has 0 bridgehead atoms. The molecule has 2 rings (SSSR count). The minimum absolute atomic E-state index is 0.0895. The fourth-order valence-corrected chi connectivity index (χ4v) is 1.70. The van der Waals surface area contributed by atoms with Crippen molar-refractivity contribution in [1.29, 1.82) is 0 Å². The van der Waals surface area contributed by atoms with E-state index in [4.69, 9.17) is 4.74 Å². The molecule has 1 aliphatic rings. The minimum atomic E-state index is -1.01. The molecule has 1 aliphatic heterocycles. The van der Waals surface area contributed by atoms with E-state index in [0.29, 0.717) is 5.75 Å². The van der Waals surface area contributed by atoms with Gasteiger partial charge < -0.3 is 10.1 Å². The Labute approximate surface area is 107 Å². The van der Waals surface area contributed by atoms with Gasteiger partial charge >= 0.3 is 6.03 Å². The molecule has 5 nitrogen and oxygen atoms in total. The van der Waals surface area contributed by atoms with Crippen LogP contribution in [0.4, 0.5) is 4.79 Å². The van der Waals surface area contributed by atoms with E-state index in [1.807, 2.05) is 12.1 Å². The standard InChI is InChI=1S/C11H11BrN2O3/c1-11(9(15)13-10(16)14-11)6-17-8-4-2-7(12)3-5-8/h2-5H,6H2,1H3,(H2,13,14,15,16). The molecular formula is C11H11BrN2O3. The lowest BCUT2D eigenvalue weighted by atomic mass is 10.1. The molecule has 1 fully saturated rings. The first-order chi connectivity index (χ1) is 7.99. The van der Waals surface area contributed by atoms with Crippen LogP contribution in [0.2, 0.25) is 0 Å². The van der Waals surface area contributed by atoms with Gasteiger partial charge in [0.2, 0.25) is 0 Å². The molecule has 0 saturated carbocycles. The van der Waals surface area contributed by atoms with E-state index in [1.165, 1.54) is 0 Å². The maximum absolute atomic E-state index is 11.5. The molecule has 1 saturated heterocycles. The fourth-order valence-electron chi connectivity index (χ4n) is 1.44. The molecule has 6 heteroatoms. The number of ether oxygens (including phenoxy) is 1. The topological polar surface area (TPSA) is 67.4 Å². The smallest absolute Gasteiger partial charge is 0.322 e. The number of halogens is 1. The van der Waals surface area contributed by atoms with Crippen molar-refractivity contribution in [2.75, 3.05) is 6.61 Å². The molecule has 0 aromatic heterocycles. The summed E-state index contributed by atoms with van der Waals surface area (Å²) in [5.41, 5.74) is -1.01. The summed E-state index contributed by atoms with van der Waals surface area (Å²) in [5, 5.41) is 4.70. The highest BCUT2D eigenvalue weighted by atomic mass is 79.9. The van der Waals surface area contributed by atoms with Crippen LogP contribution in [0.15, 0.2) is 28.7 Å². The van der Waals surface area contributed by atoms with Crippen molar-refractivity contribution in [1.82, 2.24) is 10.6 Å². The Morgan fingerprint density at radius 1 is 1.29 bits per heavy atom. The van der Waals surface area contributed by atoms with Gasteiger partial charge in [-0.05, 0) is 31.2 Å². The Balaban J connectivity index is 2.00. The number of amides is 3. The number of carbonyl (C=O) groups is 2. The van der Waals surface area contributed by atoms with Crippen molar-refractivity contribution < 1.29 is 14.3 Å². The summed E-state index contributed by atoms with van der Waals surface area (Å²) in [7, 11) is 0. The summed E-state index contributed by atoms with van der Waals surface area (Å²) in [6.45, 7) is 1.71. The lowest BCUT2D eigenvalue weighted by Gasteiger charge is -2.20. The van der Waals surface area contributed by atoms with Crippen LogP contribution in [0.1, 0.15) is 6.92 Å². The second-order valence-corrected chi connectivity index (χ2v) is 4.90. The van der Waals surface area contributed by atoms with Gasteiger partial charge in [0.1, 0.15) is 12.4 Å². The van der Waals surface area contributed by atoms with Crippen LogP contribution in [0.25, 0.3) is 0 Å². The Bertz CT molecular complexity index is 460. The third kappa shape index (κ3) is 2.58. The van der Waals surface area contributed by atoms with Crippen LogP contribution >= 0.6 is 15.9 Å². The average molecular weight is 299 g/mol. The van der Waals surface area contributed by atoms with E-state index in [9.17, 15) is 9.59 Å². The first-order valence-electron chi connectivity index (χ1n) is 5.01. The van der Waals surface area contributed by atoms with E-state index in [1.54, 1.807) is 19.1 Å². The van der Waals surface area contributed by atoms with E-state index in [0.717, 1.165) is 4.47 Å². The Kier molecular flexibility index (Phi) is 3.06. The van der Waals surface area contributed by atoms with Crippen LogP contribution in [0.5, 0.6) is 5.75 Å². The highest BCUT2D eigenvalue weighted by Gasteiger charge is 2.42. The fraction of sp³-hybridized carbons (Fsp3) is 0.273. The van der Waals surface area contributed by atoms with Crippen molar-refractivity contribution in [2.45, 2.75) is 12.5 Å². The van der Waals surface area contributed by atoms with Crippen LogP contribution in [-0.4, -0.2) is 24.1 Å². The summed E-state index contributed by atoms with van der Waals surface area (Å²) in [5.74, 6) is 0.267. The molecule has 90 valence electrons. The second kappa shape index (κ2) is 4.37. The SMILES string of the molecule is CC1(COc2ccc(Br)cc2)NC(=O)NC1=O. The van der Waals surface area contributed by atoms with Crippen LogP contribution in [0.3, 0.4) is 0 Å². The number of hydrogen-bond acceptors (Lipinski definition) is 3. The predicted octanol–water partition coefficient (Wildman–Crippen LogP) is 1.43. The number of benzene rings is 1. The summed E-state index contributed by atoms with van der Waals surface area (Å²) in [6.07, 6.45) is 0. The first-order valence-corrected chi connectivity index (χ1v) is 5.81. The number of hydrogen-bond donors (Lipinski definition) is 2. The zero-order valence-corrected chi connectivity index (χ0v) is 10.7. The van der Waals surface area contributed by atoms with Crippen molar-refractivity contribution in [3.63, 3.8) is 0 Å². The average Bonchev–Trinajstić information content (AvgIpc) is 2.52. The largest absolute Gasteiger partial charge is 0.491 e. The first kappa shape index (κ1) is 11.9. The van der Waals surface area contributed by atoms with E-state index in [2.05, 4.69) is 26.6 Å². The number of nitrogens with one attached hydrogen (secondary N) is 2. The van der Waals surface area contributed by atoms with Crippen molar-refractivity contribution >= 4 is 27.9 Å². The maximum Gasteiger partial charge on any atom is 0.322 e. The monoisotopic (exact) mass is 298 g/mol. The maximum atomic E-state index is 11.5. The van der Waals surface area contributed by atoms with Crippen molar-refractivity contribution in [3.05, 3.63) is 28.7 Å². The molecule has 0 spiro atoms. The number of urea groups is 1. The predicted molar refractivity (Wildman–Crippen MR) is 64.7 cm³/mol. The molecule has 1 unspecified atom stereocenters. The van der Waals surface area contributed by atoms with Gasteiger partial charge in [0.25, 0.3) is 5.91 Å². The van der Waals surface area contributed by atoms with Crippen LogP contribution in [-0.2, 0) is 4.79 Å². The molecule has 2 N–H and O–H groups in total. The van der Waals surface area contributed by atoms with Gasteiger partial charge in [0.05, 0.1) is 0 Å². The Morgan fingerprint density at radius 3 is 2.47 bits per heavy atom. The quantitative estimate of drug-likeness (QED) is 0.830. The van der Waals surface area contributed by atoms with E-state index < -0.39 is 11.6 Å². The minimum Gasteiger partial charge on any atom is -0.491 e. The summed E-state index contributed by atoms with van der Waals surface area (Å²) >= 11 is 3.31. The van der Waals surface area contributed by atoms with Gasteiger partial charge in [-0.15, -0.1) is 0 Å². The zero-order chi connectivity index (χ0) is 12.5. The van der Waals surface area contributed by atoms with Gasteiger partial charge in [-0.3, -0.25) is 10.1 Å². The third-order valence-electron chi connectivity index (χ3n) is 2.46. The Hall–Kier alpha value is -1.56. The van der Waals surface area contributed by atoms with Crippen molar-refractivity contribution in [3.8, 4) is 5.75 Å². The molecule has 17 heavy (non-hydrogen) atoms. The highest BCUT2D eigenvalue weighted by molar-refractivity contribution is 9.10. The summed E-state index contributed by atoms with van der Waals surface area (Å²) in [6, 6.07) is 6.75. The van der Waals surface area contributed by atoms with E-state index in [-0.39, 0.29) is 12.5 Å². The Morgan fingerprint density at radius 2 is 1.94 bits per heavy atom.